The molecule has 2 rings (SSSR count). The molecule has 0 atom stereocenters. The molecule has 0 unspecified atom stereocenters. The van der Waals surface area contributed by atoms with E-state index in [-0.39, 0.29) is 0 Å². The molecule has 0 spiro atoms. The summed E-state index contributed by atoms with van der Waals surface area (Å²) in [4.78, 5) is 4.21. The van der Waals surface area contributed by atoms with Crippen LogP contribution in [-0.4, -0.2) is 25.6 Å². The van der Waals surface area contributed by atoms with Crippen LogP contribution in [0.5, 0.6) is 0 Å². The van der Waals surface area contributed by atoms with Crippen molar-refractivity contribution in [3.05, 3.63) is 35.4 Å². The van der Waals surface area contributed by atoms with Gasteiger partial charge in [-0.25, -0.2) is 0 Å². The molecule has 2 heterocycles. The van der Waals surface area contributed by atoms with E-state index in [2.05, 4.69) is 30.9 Å². The second kappa shape index (κ2) is 4.61. The summed E-state index contributed by atoms with van der Waals surface area (Å²) < 4.78 is 0. The fourth-order valence-corrected chi connectivity index (χ4v) is 1.18. The van der Waals surface area contributed by atoms with Crippen molar-refractivity contribution in [1.29, 1.82) is 0 Å². The molecule has 2 aromatic heterocycles. The van der Waals surface area contributed by atoms with Gasteiger partial charge in [0.25, 0.3) is 0 Å². The van der Waals surface area contributed by atoms with Crippen molar-refractivity contribution in [2.75, 3.05) is 0 Å². The number of nitrogens with zero attached hydrogens (tertiary/aromatic N) is 4. The quantitative estimate of drug-likeness (QED) is 0.743. The van der Waals surface area contributed by atoms with Crippen LogP contribution >= 0.6 is 0 Å². The van der Waals surface area contributed by atoms with Crippen molar-refractivity contribution < 1.29 is 0 Å². The molecule has 6 heteroatoms. The Hall–Kier alpha value is -1.82. The van der Waals surface area contributed by atoms with E-state index >= 15 is 0 Å². The summed E-state index contributed by atoms with van der Waals surface area (Å²) in [6, 6.07) is 4.04. The van der Waals surface area contributed by atoms with Crippen LogP contribution in [0.3, 0.4) is 0 Å². The van der Waals surface area contributed by atoms with Gasteiger partial charge in [0.1, 0.15) is 0 Å². The summed E-state index contributed by atoms with van der Waals surface area (Å²) in [5.41, 5.74) is 2.17. The average molecular weight is 204 g/mol. The lowest BCUT2D eigenvalue weighted by Gasteiger charge is -2.01. The number of nitrogens with one attached hydrogen (secondary N) is 2. The monoisotopic (exact) mass is 204 g/mol. The van der Waals surface area contributed by atoms with E-state index in [9.17, 15) is 0 Å². The number of aromatic nitrogens is 5. The Balaban J connectivity index is 1.81. The lowest BCUT2D eigenvalue weighted by atomic mass is 10.2. The van der Waals surface area contributed by atoms with E-state index in [1.54, 1.807) is 0 Å². The first kappa shape index (κ1) is 9.72. The topological polar surface area (TPSA) is 79.4 Å². The van der Waals surface area contributed by atoms with Crippen LogP contribution in [0.4, 0.5) is 0 Å². The van der Waals surface area contributed by atoms with E-state index < -0.39 is 0 Å². The third-order valence-corrected chi connectivity index (χ3v) is 1.97. The van der Waals surface area contributed by atoms with Gasteiger partial charge in [0.2, 0.25) is 0 Å². The molecule has 78 valence electrons. The molecule has 0 saturated carbocycles. The Morgan fingerprint density at radius 1 is 1.33 bits per heavy atom. The van der Waals surface area contributed by atoms with Crippen LogP contribution in [0.15, 0.2) is 18.3 Å². The number of hydrogen-bond donors (Lipinski definition) is 2. The van der Waals surface area contributed by atoms with Crippen LogP contribution in [0.2, 0.25) is 0 Å². The molecule has 0 aliphatic heterocycles. The predicted molar refractivity (Wildman–Crippen MR) is 53.7 cm³/mol. The highest BCUT2D eigenvalue weighted by molar-refractivity contribution is 5.12. The van der Waals surface area contributed by atoms with Crippen LogP contribution in [0.1, 0.15) is 17.1 Å². The third-order valence-electron chi connectivity index (χ3n) is 1.97. The number of H-pyrrole nitrogens is 1. The molecule has 0 amide bonds. The van der Waals surface area contributed by atoms with Gasteiger partial charge >= 0.3 is 0 Å². The zero-order valence-electron chi connectivity index (χ0n) is 8.44. The summed E-state index contributed by atoms with van der Waals surface area (Å²) in [7, 11) is 0. The standard InChI is InChI=1S/C9H12N6/c1-7-2-3-8(5-11-7)4-10-6-9-12-14-15-13-9/h2-3,5,10H,4,6H2,1H3,(H,12,13,14,15). The minimum Gasteiger partial charge on any atom is -0.306 e. The second-order valence-corrected chi connectivity index (χ2v) is 3.24. The predicted octanol–water partition coefficient (Wildman–Crippen LogP) is 0.193. The molecular weight excluding hydrogens is 192 g/mol. The third kappa shape index (κ3) is 2.81. The first-order chi connectivity index (χ1) is 7.34. The van der Waals surface area contributed by atoms with E-state index in [0.717, 1.165) is 17.8 Å². The van der Waals surface area contributed by atoms with Crippen molar-refractivity contribution in [2.45, 2.75) is 20.0 Å². The minimum absolute atomic E-state index is 0.602. The molecule has 0 saturated heterocycles. The number of pyridine rings is 1. The van der Waals surface area contributed by atoms with Crippen molar-refractivity contribution in [3.8, 4) is 0 Å². The molecule has 2 N–H and O–H groups in total. The number of hydrogen-bond acceptors (Lipinski definition) is 5. The van der Waals surface area contributed by atoms with Crippen molar-refractivity contribution in [2.24, 2.45) is 0 Å². The number of aromatic amines is 1. The summed E-state index contributed by atoms with van der Waals surface area (Å²) >= 11 is 0. The molecule has 0 bridgehead atoms. The van der Waals surface area contributed by atoms with Crippen LogP contribution < -0.4 is 5.32 Å². The highest BCUT2D eigenvalue weighted by Gasteiger charge is 1.97. The van der Waals surface area contributed by atoms with Gasteiger partial charge in [-0.15, -0.1) is 10.2 Å². The summed E-state index contributed by atoms with van der Waals surface area (Å²) in [6.45, 7) is 3.32. The fourth-order valence-electron chi connectivity index (χ4n) is 1.18. The maximum absolute atomic E-state index is 4.21. The number of aryl methyl sites for hydroxylation is 1. The van der Waals surface area contributed by atoms with Gasteiger partial charge in [0.05, 0.1) is 6.54 Å². The van der Waals surface area contributed by atoms with E-state index in [0.29, 0.717) is 12.4 Å². The Labute approximate surface area is 87.1 Å². The number of tetrazole rings is 1. The maximum Gasteiger partial charge on any atom is 0.188 e. The molecule has 0 aliphatic rings. The van der Waals surface area contributed by atoms with Crippen LogP contribution in [0.25, 0.3) is 0 Å². The summed E-state index contributed by atoms with van der Waals surface area (Å²) in [6.07, 6.45) is 1.86. The van der Waals surface area contributed by atoms with Crippen molar-refractivity contribution in [3.63, 3.8) is 0 Å². The summed E-state index contributed by atoms with van der Waals surface area (Å²) in [5.74, 6) is 0.662. The Morgan fingerprint density at radius 2 is 2.27 bits per heavy atom. The molecular formula is C9H12N6. The average Bonchev–Trinajstić information content (AvgIpc) is 2.74. The van der Waals surface area contributed by atoms with Gasteiger partial charge in [-0.1, -0.05) is 11.3 Å². The second-order valence-electron chi connectivity index (χ2n) is 3.24. The number of rotatable bonds is 4. The Morgan fingerprint density at radius 3 is 2.93 bits per heavy atom. The zero-order valence-corrected chi connectivity index (χ0v) is 8.44. The minimum atomic E-state index is 0.602. The van der Waals surface area contributed by atoms with Crippen molar-refractivity contribution >= 4 is 0 Å². The summed E-state index contributed by atoms with van der Waals surface area (Å²) in [5, 5.41) is 16.7. The fraction of sp³-hybridized carbons (Fsp3) is 0.333. The molecule has 0 aliphatic carbocycles. The first-order valence-electron chi connectivity index (χ1n) is 4.69. The van der Waals surface area contributed by atoms with E-state index in [4.69, 9.17) is 0 Å². The lowest BCUT2D eigenvalue weighted by Crippen LogP contribution is -2.13. The van der Waals surface area contributed by atoms with Crippen LogP contribution in [-0.2, 0) is 13.1 Å². The maximum atomic E-state index is 4.21. The highest BCUT2D eigenvalue weighted by Crippen LogP contribution is 1.98. The first-order valence-corrected chi connectivity index (χ1v) is 4.69. The highest BCUT2D eigenvalue weighted by atomic mass is 15.5. The van der Waals surface area contributed by atoms with Gasteiger partial charge in [0.15, 0.2) is 5.82 Å². The smallest absolute Gasteiger partial charge is 0.188 e. The molecule has 2 aromatic rings. The normalized spacial score (nSPS) is 10.5. The Kier molecular flexibility index (Phi) is 2.99. The van der Waals surface area contributed by atoms with Gasteiger partial charge in [0, 0.05) is 18.4 Å². The van der Waals surface area contributed by atoms with Gasteiger partial charge in [-0.2, -0.15) is 5.21 Å². The molecule has 0 radical (unpaired) electrons. The Bertz CT molecular complexity index is 393. The van der Waals surface area contributed by atoms with Gasteiger partial charge in [-0.3, -0.25) is 4.98 Å². The molecule has 0 fully saturated rings. The van der Waals surface area contributed by atoms with E-state index in [1.165, 1.54) is 0 Å². The largest absolute Gasteiger partial charge is 0.306 e. The zero-order chi connectivity index (χ0) is 10.5. The van der Waals surface area contributed by atoms with Crippen LogP contribution in [0, 0.1) is 6.92 Å². The van der Waals surface area contributed by atoms with Gasteiger partial charge in [-0.05, 0) is 18.6 Å². The molecule has 6 nitrogen and oxygen atoms in total. The van der Waals surface area contributed by atoms with Gasteiger partial charge < -0.3 is 5.32 Å². The lowest BCUT2D eigenvalue weighted by molar-refractivity contribution is 0.662. The molecule has 0 aromatic carbocycles. The van der Waals surface area contributed by atoms with E-state index in [1.807, 2.05) is 25.3 Å². The van der Waals surface area contributed by atoms with Crippen molar-refractivity contribution in [1.82, 2.24) is 30.9 Å². The SMILES string of the molecule is Cc1ccc(CNCc2nn[nH]n2)cn1. The molecule has 15 heavy (non-hydrogen) atoms.